The maximum absolute atomic E-state index is 5.03. The molecule has 2 nitrogen and oxygen atoms in total. The van der Waals surface area contributed by atoms with E-state index in [0.717, 1.165) is 33.4 Å². The largest absolute Gasteiger partial charge is 0.249 e. The standard InChI is InChI=1S/C21H18N2/c1-14(2)19-20(16-9-4-3-5-10-16)23-21-17-11-7-6-8-15(17)12-13-18(21)22-19/h3-14H,1-2H3. The zero-order chi connectivity index (χ0) is 15.8. The van der Waals surface area contributed by atoms with Crippen molar-refractivity contribution >= 4 is 21.8 Å². The van der Waals surface area contributed by atoms with Gasteiger partial charge in [-0.15, -0.1) is 0 Å². The molecule has 3 aromatic carbocycles. The highest BCUT2D eigenvalue weighted by molar-refractivity contribution is 6.04. The Bertz CT molecular complexity index is 988. The van der Waals surface area contributed by atoms with E-state index in [-0.39, 0.29) is 0 Å². The molecular weight excluding hydrogens is 280 g/mol. The second-order valence-electron chi connectivity index (χ2n) is 6.13. The lowest BCUT2D eigenvalue weighted by atomic mass is 10.0. The predicted molar refractivity (Wildman–Crippen MR) is 96.6 cm³/mol. The molecule has 0 atom stereocenters. The van der Waals surface area contributed by atoms with Gasteiger partial charge < -0.3 is 0 Å². The number of fused-ring (bicyclic) bond motifs is 3. The molecule has 0 radical (unpaired) electrons. The molecule has 2 heteroatoms. The Labute approximate surface area is 135 Å². The Kier molecular flexibility index (Phi) is 3.30. The smallest absolute Gasteiger partial charge is 0.0972 e. The molecule has 0 saturated heterocycles. The molecule has 23 heavy (non-hydrogen) atoms. The Balaban J connectivity index is 2.11. The van der Waals surface area contributed by atoms with Crippen molar-refractivity contribution < 1.29 is 0 Å². The van der Waals surface area contributed by atoms with Crippen molar-refractivity contribution in [1.29, 1.82) is 0 Å². The summed E-state index contributed by atoms with van der Waals surface area (Å²) in [6.45, 7) is 4.34. The van der Waals surface area contributed by atoms with Crippen molar-refractivity contribution in [2.24, 2.45) is 0 Å². The highest BCUT2D eigenvalue weighted by atomic mass is 14.8. The van der Waals surface area contributed by atoms with Gasteiger partial charge in [0.1, 0.15) is 0 Å². The van der Waals surface area contributed by atoms with Crippen LogP contribution in [0, 0.1) is 0 Å². The number of rotatable bonds is 2. The van der Waals surface area contributed by atoms with Gasteiger partial charge in [-0.05, 0) is 17.4 Å². The van der Waals surface area contributed by atoms with E-state index in [4.69, 9.17) is 9.97 Å². The molecule has 0 unspecified atom stereocenters. The predicted octanol–water partition coefficient (Wildman–Crippen LogP) is 5.57. The van der Waals surface area contributed by atoms with Crippen LogP contribution in [0.25, 0.3) is 33.1 Å². The third-order valence-corrected chi connectivity index (χ3v) is 4.18. The van der Waals surface area contributed by atoms with Gasteiger partial charge in [-0.3, -0.25) is 0 Å². The lowest BCUT2D eigenvalue weighted by Crippen LogP contribution is -2.01. The molecule has 112 valence electrons. The Hall–Kier alpha value is -2.74. The fourth-order valence-electron chi connectivity index (χ4n) is 3.01. The summed E-state index contributed by atoms with van der Waals surface area (Å²) in [6.07, 6.45) is 0. The second-order valence-corrected chi connectivity index (χ2v) is 6.13. The minimum atomic E-state index is 0.327. The van der Waals surface area contributed by atoms with Crippen LogP contribution in [-0.4, -0.2) is 9.97 Å². The minimum Gasteiger partial charge on any atom is -0.249 e. The lowest BCUT2D eigenvalue weighted by molar-refractivity contribution is 0.826. The summed E-state index contributed by atoms with van der Waals surface area (Å²) >= 11 is 0. The number of nitrogens with zero attached hydrogens (tertiary/aromatic N) is 2. The maximum Gasteiger partial charge on any atom is 0.0972 e. The minimum absolute atomic E-state index is 0.327. The molecule has 0 aliphatic carbocycles. The van der Waals surface area contributed by atoms with E-state index >= 15 is 0 Å². The molecule has 0 bridgehead atoms. The normalized spacial score (nSPS) is 11.4. The van der Waals surface area contributed by atoms with Crippen LogP contribution in [0.2, 0.25) is 0 Å². The van der Waals surface area contributed by atoms with Crippen LogP contribution in [0.15, 0.2) is 66.7 Å². The maximum atomic E-state index is 5.03. The number of hydrogen-bond acceptors (Lipinski definition) is 2. The fourth-order valence-corrected chi connectivity index (χ4v) is 3.01. The molecule has 0 fully saturated rings. The van der Waals surface area contributed by atoms with E-state index in [0.29, 0.717) is 5.92 Å². The van der Waals surface area contributed by atoms with E-state index in [1.807, 2.05) is 6.07 Å². The highest BCUT2D eigenvalue weighted by Crippen LogP contribution is 2.30. The quantitative estimate of drug-likeness (QED) is 0.452. The molecule has 0 aliphatic heterocycles. The van der Waals surface area contributed by atoms with Crippen LogP contribution < -0.4 is 0 Å². The van der Waals surface area contributed by atoms with Gasteiger partial charge in [0.2, 0.25) is 0 Å². The number of aromatic nitrogens is 2. The van der Waals surface area contributed by atoms with E-state index in [9.17, 15) is 0 Å². The van der Waals surface area contributed by atoms with Crippen LogP contribution >= 0.6 is 0 Å². The summed E-state index contributed by atoms with van der Waals surface area (Å²) in [5, 5.41) is 2.36. The third kappa shape index (κ3) is 2.36. The summed E-state index contributed by atoms with van der Waals surface area (Å²) in [6, 6.07) is 22.9. The molecule has 1 heterocycles. The third-order valence-electron chi connectivity index (χ3n) is 4.18. The first kappa shape index (κ1) is 13.9. The SMILES string of the molecule is CC(C)c1nc2ccc3ccccc3c2nc1-c1ccccc1. The van der Waals surface area contributed by atoms with Gasteiger partial charge >= 0.3 is 0 Å². The number of benzene rings is 3. The van der Waals surface area contributed by atoms with Crippen molar-refractivity contribution in [3.8, 4) is 11.3 Å². The van der Waals surface area contributed by atoms with Crippen molar-refractivity contribution in [3.05, 3.63) is 72.4 Å². The molecule has 0 spiro atoms. The van der Waals surface area contributed by atoms with E-state index < -0.39 is 0 Å². The van der Waals surface area contributed by atoms with Gasteiger partial charge in [0.05, 0.1) is 22.4 Å². The molecule has 4 aromatic rings. The topological polar surface area (TPSA) is 25.8 Å². The summed E-state index contributed by atoms with van der Waals surface area (Å²) in [5.74, 6) is 0.327. The van der Waals surface area contributed by atoms with Crippen molar-refractivity contribution in [2.45, 2.75) is 19.8 Å². The lowest BCUT2D eigenvalue weighted by Gasteiger charge is -2.13. The molecule has 0 saturated carbocycles. The number of hydrogen-bond donors (Lipinski definition) is 0. The monoisotopic (exact) mass is 298 g/mol. The van der Waals surface area contributed by atoms with E-state index in [2.05, 4.69) is 74.5 Å². The van der Waals surface area contributed by atoms with E-state index in [1.165, 1.54) is 5.39 Å². The fraction of sp³-hybridized carbons (Fsp3) is 0.143. The average Bonchev–Trinajstić information content (AvgIpc) is 2.61. The van der Waals surface area contributed by atoms with Crippen LogP contribution in [0.1, 0.15) is 25.5 Å². The molecule has 0 N–H and O–H groups in total. The second kappa shape index (κ2) is 5.47. The Morgan fingerprint density at radius 1 is 0.739 bits per heavy atom. The van der Waals surface area contributed by atoms with Crippen molar-refractivity contribution in [3.63, 3.8) is 0 Å². The molecular formula is C21H18N2. The van der Waals surface area contributed by atoms with Crippen LogP contribution in [0.5, 0.6) is 0 Å². The first-order valence-electron chi connectivity index (χ1n) is 7.99. The van der Waals surface area contributed by atoms with Gasteiger partial charge in [0.25, 0.3) is 0 Å². The summed E-state index contributed by atoms with van der Waals surface area (Å²) in [4.78, 5) is 9.97. The summed E-state index contributed by atoms with van der Waals surface area (Å²) in [5.41, 5.74) is 5.11. The van der Waals surface area contributed by atoms with Crippen molar-refractivity contribution in [2.75, 3.05) is 0 Å². The summed E-state index contributed by atoms with van der Waals surface area (Å²) < 4.78 is 0. The molecule has 1 aromatic heterocycles. The molecule has 0 aliphatic rings. The first-order valence-corrected chi connectivity index (χ1v) is 7.99. The Morgan fingerprint density at radius 3 is 2.26 bits per heavy atom. The van der Waals surface area contributed by atoms with Gasteiger partial charge in [-0.25, -0.2) is 9.97 Å². The zero-order valence-electron chi connectivity index (χ0n) is 13.3. The highest BCUT2D eigenvalue weighted by Gasteiger charge is 2.15. The molecule has 4 rings (SSSR count). The Morgan fingerprint density at radius 2 is 1.48 bits per heavy atom. The average molecular weight is 298 g/mol. The summed E-state index contributed by atoms with van der Waals surface area (Å²) in [7, 11) is 0. The van der Waals surface area contributed by atoms with Crippen LogP contribution in [0.3, 0.4) is 0 Å². The van der Waals surface area contributed by atoms with Gasteiger partial charge in [0.15, 0.2) is 0 Å². The molecule has 0 amide bonds. The zero-order valence-corrected chi connectivity index (χ0v) is 13.3. The van der Waals surface area contributed by atoms with E-state index in [1.54, 1.807) is 0 Å². The van der Waals surface area contributed by atoms with Gasteiger partial charge in [-0.1, -0.05) is 74.5 Å². The first-order chi connectivity index (χ1) is 11.2. The van der Waals surface area contributed by atoms with Crippen LogP contribution in [0.4, 0.5) is 0 Å². The van der Waals surface area contributed by atoms with Crippen molar-refractivity contribution in [1.82, 2.24) is 9.97 Å². The van der Waals surface area contributed by atoms with Gasteiger partial charge in [-0.2, -0.15) is 0 Å². The van der Waals surface area contributed by atoms with Crippen LogP contribution in [-0.2, 0) is 0 Å². The van der Waals surface area contributed by atoms with Gasteiger partial charge in [0, 0.05) is 10.9 Å².